The third kappa shape index (κ3) is 3.05. The number of hydrogen-bond donors (Lipinski definition) is 1. The van der Waals surface area contributed by atoms with E-state index in [4.69, 9.17) is 0 Å². The van der Waals surface area contributed by atoms with Crippen LogP contribution in [0.4, 0.5) is 0 Å². The van der Waals surface area contributed by atoms with E-state index in [0.717, 1.165) is 38.5 Å². The van der Waals surface area contributed by atoms with Crippen molar-refractivity contribution in [1.82, 2.24) is 4.72 Å². The summed E-state index contributed by atoms with van der Waals surface area (Å²) in [6.45, 7) is 5.76. The summed E-state index contributed by atoms with van der Waals surface area (Å²) in [5.41, 5.74) is -0.451. The molecule has 1 heterocycles. The number of nitrogens with one attached hydrogen (secondary N) is 1. The van der Waals surface area contributed by atoms with Gasteiger partial charge in [-0.1, -0.05) is 19.3 Å². The first kappa shape index (κ1) is 15.4. The van der Waals surface area contributed by atoms with Gasteiger partial charge in [-0.25, -0.2) is 17.3 Å². The largest absolute Gasteiger partial charge is 0.242 e. The summed E-state index contributed by atoms with van der Waals surface area (Å²) in [7, 11) is -4.18. The van der Waals surface area contributed by atoms with Crippen molar-refractivity contribution in [3.05, 3.63) is 0 Å². The monoisotopic (exact) mass is 307 g/mol. The van der Waals surface area contributed by atoms with Crippen LogP contribution in [0, 0.1) is 0 Å². The quantitative estimate of drug-likeness (QED) is 0.866. The predicted octanol–water partition coefficient (Wildman–Crippen LogP) is 1.93. The summed E-state index contributed by atoms with van der Waals surface area (Å²) < 4.78 is 39.3. The zero-order valence-electron chi connectivity index (χ0n) is 12.1. The molecule has 0 aromatic heterocycles. The Morgan fingerprint density at radius 3 is 2.11 bits per heavy atom. The fraction of sp³-hybridized carbons (Fsp3) is 1.00. The second-order valence-electron chi connectivity index (χ2n) is 6.84. The van der Waals surface area contributed by atoms with Crippen molar-refractivity contribution in [1.29, 1.82) is 0 Å². The maximum Gasteiger partial charge on any atom is 0.155 e. The van der Waals surface area contributed by atoms with Gasteiger partial charge in [-0.15, -0.1) is 0 Å². The minimum Gasteiger partial charge on any atom is -0.242 e. The van der Waals surface area contributed by atoms with E-state index >= 15 is 0 Å². The van der Waals surface area contributed by atoms with Gasteiger partial charge in [-0.05, 0) is 40.0 Å². The van der Waals surface area contributed by atoms with Crippen molar-refractivity contribution >= 4 is 20.8 Å². The average Bonchev–Trinajstić information content (AvgIpc) is 2.27. The topological polar surface area (TPSA) is 63.2 Å². The van der Waals surface area contributed by atoms with Gasteiger partial charge in [0.25, 0.3) is 0 Å². The normalized spacial score (nSPS) is 31.4. The highest BCUT2D eigenvalue weighted by Gasteiger charge is 2.52. The molecule has 2 fully saturated rings. The number of sulfone groups is 1. The van der Waals surface area contributed by atoms with Crippen LogP contribution in [0.3, 0.4) is 0 Å². The van der Waals surface area contributed by atoms with Gasteiger partial charge in [0, 0.05) is 5.54 Å². The highest BCUT2D eigenvalue weighted by Crippen LogP contribution is 2.41. The van der Waals surface area contributed by atoms with Crippen molar-refractivity contribution in [3.8, 4) is 0 Å². The summed E-state index contributed by atoms with van der Waals surface area (Å²) in [6, 6.07) is 0. The molecule has 2 rings (SSSR count). The standard InChI is InChI=1S/C13H25NO3S2/c1-12(2,3)18(15)14-13(8-5-4-6-9-13)11-7-10-19(11,16)17/h11,14H,4-10H2,1-3H3. The molecule has 0 spiro atoms. The fourth-order valence-electron chi connectivity index (χ4n) is 3.06. The summed E-state index contributed by atoms with van der Waals surface area (Å²) in [5, 5.41) is -0.327. The van der Waals surface area contributed by atoms with E-state index in [1.807, 2.05) is 20.8 Å². The molecule has 1 N–H and O–H groups in total. The van der Waals surface area contributed by atoms with E-state index < -0.39 is 26.4 Å². The lowest BCUT2D eigenvalue weighted by molar-refractivity contribution is 0.245. The molecule has 1 saturated carbocycles. The molecule has 2 unspecified atom stereocenters. The molecular weight excluding hydrogens is 282 g/mol. The molecule has 19 heavy (non-hydrogen) atoms. The van der Waals surface area contributed by atoms with Crippen LogP contribution < -0.4 is 4.72 Å². The fourth-order valence-corrected chi connectivity index (χ4v) is 5.99. The van der Waals surface area contributed by atoms with Crippen LogP contribution in [0.2, 0.25) is 0 Å². The number of rotatable bonds is 3. The maximum absolute atomic E-state index is 12.4. The van der Waals surface area contributed by atoms with Gasteiger partial charge >= 0.3 is 0 Å². The molecule has 2 atom stereocenters. The van der Waals surface area contributed by atoms with Crippen LogP contribution in [0.1, 0.15) is 59.3 Å². The third-order valence-electron chi connectivity index (χ3n) is 4.31. The molecule has 1 aliphatic carbocycles. The second-order valence-corrected chi connectivity index (χ2v) is 11.1. The minimum atomic E-state index is -2.97. The Morgan fingerprint density at radius 1 is 1.16 bits per heavy atom. The van der Waals surface area contributed by atoms with Crippen LogP contribution in [-0.2, 0) is 20.8 Å². The van der Waals surface area contributed by atoms with Crippen molar-refractivity contribution in [2.24, 2.45) is 0 Å². The minimum absolute atomic E-state index is 0.295. The average molecular weight is 307 g/mol. The molecule has 0 amide bonds. The summed E-state index contributed by atoms with van der Waals surface area (Å²) in [5.74, 6) is 0.295. The maximum atomic E-state index is 12.4. The zero-order valence-corrected chi connectivity index (χ0v) is 13.7. The molecule has 1 aliphatic heterocycles. The Hall–Kier alpha value is 0.0600. The second kappa shape index (κ2) is 5.11. The molecule has 4 nitrogen and oxygen atoms in total. The van der Waals surface area contributed by atoms with Gasteiger partial charge in [0.15, 0.2) is 9.84 Å². The summed E-state index contributed by atoms with van der Waals surface area (Å²) in [6.07, 6.45) is 5.59. The van der Waals surface area contributed by atoms with E-state index in [1.54, 1.807) is 0 Å². The first-order valence-electron chi connectivity index (χ1n) is 7.09. The van der Waals surface area contributed by atoms with Crippen LogP contribution in [-0.4, -0.2) is 33.9 Å². The van der Waals surface area contributed by atoms with Gasteiger partial charge < -0.3 is 0 Å². The molecule has 0 bridgehead atoms. The summed E-state index contributed by atoms with van der Waals surface area (Å²) in [4.78, 5) is 0. The molecule has 0 aromatic carbocycles. The van der Waals surface area contributed by atoms with Gasteiger partial charge in [0.1, 0.15) is 0 Å². The zero-order chi connectivity index (χ0) is 14.3. The van der Waals surface area contributed by atoms with E-state index in [0.29, 0.717) is 5.75 Å². The Labute approximate surface area is 119 Å². The number of hydrogen-bond acceptors (Lipinski definition) is 3. The molecule has 0 radical (unpaired) electrons. The van der Waals surface area contributed by atoms with Gasteiger partial charge in [-0.2, -0.15) is 0 Å². The van der Waals surface area contributed by atoms with Crippen molar-refractivity contribution in [2.75, 3.05) is 5.75 Å². The lowest BCUT2D eigenvalue weighted by Gasteiger charge is -2.47. The van der Waals surface area contributed by atoms with Crippen molar-refractivity contribution < 1.29 is 12.6 Å². The first-order chi connectivity index (χ1) is 8.67. The predicted molar refractivity (Wildman–Crippen MR) is 79.0 cm³/mol. The Morgan fingerprint density at radius 2 is 1.74 bits per heavy atom. The highest BCUT2D eigenvalue weighted by atomic mass is 32.2. The van der Waals surface area contributed by atoms with Crippen molar-refractivity contribution in [3.63, 3.8) is 0 Å². The van der Waals surface area contributed by atoms with E-state index in [9.17, 15) is 12.6 Å². The molecular formula is C13H25NO3S2. The third-order valence-corrected chi connectivity index (χ3v) is 8.38. The van der Waals surface area contributed by atoms with Crippen LogP contribution in [0.25, 0.3) is 0 Å². The molecule has 2 aliphatic rings. The summed E-state index contributed by atoms with van der Waals surface area (Å²) >= 11 is 0. The lowest BCUT2D eigenvalue weighted by Crippen LogP contribution is -2.64. The highest BCUT2D eigenvalue weighted by molar-refractivity contribution is 7.93. The van der Waals surface area contributed by atoms with E-state index in [2.05, 4.69) is 4.72 Å². The van der Waals surface area contributed by atoms with Crippen LogP contribution in [0.15, 0.2) is 0 Å². The smallest absolute Gasteiger partial charge is 0.155 e. The SMILES string of the molecule is CC(C)(C)S(=O)NC1(C2CCS2(=O)=O)CCCCC1. The van der Waals surface area contributed by atoms with Crippen LogP contribution >= 0.6 is 0 Å². The molecule has 1 saturated heterocycles. The first-order valence-corrected chi connectivity index (χ1v) is 9.95. The van der Waals surface area contributed by atoms with E-state index in [1.165, 1.54) is 0 Å². The van der Waals surface area contributed by atoms with Gasteiger partial charge in [0.2, 0.25) is 0 Å². The Balaban J connectivity index is 2.23. The Bertz CT molecular complexity index is 459. The van der Waals surface area contributed by atoms with Crippen molar-refractivity contribution in [2.45, 2.75) is 74.8 Å². The molecule has 112 valence electrons. The van der Waals surface area contributed by atoms with Crippen LogP contribution in [0.5, 0.6) is 0 Å². The van der Waals surface area contributed by atoms with Gasteiger partial charge in [-0.3, -0.25) is 0 Å². The van der Waals surface area contributed by atoms with Gasteiger partial charge in [0.05, 0.1) is 26.7 Å². The Kier molecular flexibility index (Phi) is 4.16. The lowest BCUT2D eigenvalue weighted by atomic mass is 9.79. The molecule has 6 heteroatoms. The van der Waals surface area contributed by atoms with E-state index in [-0.39, 0.29) is 10.00 Å². The molecule has 0 aromatic rings.